The standard InChI is InChI=1S/C20H19FN2O2/c1-14-4-5-15(11-17(14)21)6-7-20(24)23-13-16-8-9-22-18(12-16)19-3-2-10-25-19/h2-5,8-12H,6-7,13H2,1H3,(H,23,24). The molecule has 25 heavy (non-hydrogen) atoms. The molecule has 3 aromatic rings. The summed E-state index contributed by atoms with van der Waals surface area (Å²) in [6.07, 6.45) is 4.11. The number of benzene rings is 1. The number of nitrogens with zero attached hydrogens (tertiary/aromatic N) is 1. The van der Waals surface area contributed by atoms with Crippen LogP contribution in [0.3, 0.4) is 0 Å². The lowest BCUT2D eigenvalue weighted by Crippen LogP contribution is -2.23. The van der Waals surface area contributed by atoms with E-state index in [4.69, 9.17) is 4.42 Å². The Hall–Kier alpha value is -2.95. The van der Waals surface area contributed by atoms with Crippen LogP contribution in [-0.2, 0) is 17.8 Å². The van der Waals surface area contributed by atoms with Gasteiger partial charge in [-0.25, -0.2) is 4.39 Å². The molecule has 0 aliphatic rings. The Morgan fingerprint density at radius 1 is 1.20 bits per heavy atom. The lowest BCUT2D eigenvalue weighted by Gasteiger charge is -2.07. The number of hydrogen-bond acceptors (Lipinski definition) is 3. The number of pyridine rings is 1. The molecule has 0 spiro atoms. The summed E-state index contributed by atoms with van der Waals surface area (Å²) in [7, 11) is 0. The molecule has 0 aliphatic carbocycles. The van der Waals surface area contributed by atoms with Crippen molar-refractivity contribution >= 4 is 5.91 Å². The number of rotatable bonds is 6. The second-order valence-corrected chi connectivity index (χ2v) is 5.89. The van der Waals surface area contributed by atoms with Crippen LogP contribution < -0.4 is 5.32 Å². The minimum absolute atomic E-state index is 0.0719. The van der Waals surface area contributed by atoms with Crippen LogP contribution in [0.1, 0.15) is 23.1 Å². The van der Waals surface area contributed by atoms with E-state index in [0.717, 1.165) is 16.8 Å². The van der Waals surface area contributed by atoms with Gasteiger partial charge < -0.3 is 9.73 Å². The van der Waals surface area contributed by atoms with Crippen LogP contribution in [0.25, 0.3) is 11.5 Å². The molecule has 5 heteroatoms. The maximum atomic E-state index is 13.5. The molecular formula is C20H19FN2O2. The molecule has 0 saturated carbocycles. The third-order valence-corrected chi connectivity index (χ3v) is 3.96. The normalized spacial score (nSPS) is 10.6. The zero-order valence-electron chi connectivity index (χ0n) is 14.0. The Kier molecular flexibility index (Phi) is 5.23. The Morgan fingerprint density at radius 3 is 2.84 bits per heavy atom. The van der Waals surface area contributed by atoms with Crippen molar-refractivity contribution in [1.82, 2.24) is 10.3 Å². The maximum Gasteiger partial charge on any atom is 0.220 e. The van der Waals surface area contributed by atoms with Gasteiger partial charge in [-0.15, -0.1) is 0 Å². The Bertz CT molecular complexity index is 860. The van der Waals surface area contributed by atoms with Crippen molar-refractivity contribution in [3.8, 4) is 11.5 Å². The molecule has 0 radical (unpaired) electrons. The Balaban J connectivity index is 1.52. The zero-order valence-corrected chi connectivity index (χ0v) is 14.0. The SMILES string of the molecule is Cc1ccc(CCC(=O)NCc2ccnc(-c3ccco3)c2)cc1F. The van der Waals surface area contributed by atoms with Crippen molar-refractivity contribution in [2.75, 3.05) is 0 Å². The van der Waals surface area contributed by atoms with Gasteiger partial charge in [0, 0.05) is 19.2 Å². The van der Waals surface area contributed by atoms with Gasteiger partial charge in [-0.1, -0.05) is 12.1 Å². The molecule has 0 aliphatic heterocycles. The van der Waals surface area contributed by atoms with Crippen LogP contribution in [0, 0.1) is 12.7 Å². The first-order valence-corrected chi connectivity index (χ1v) is 8.12. The van der Waals surface area contributed by atoms with Crippen LogP contribution in [0.2, 0.25) is 0 Å². The van der Waals surface area contributed by atoms with E-state index in [1.165, 1.54) is 6.07 Å². The molecule has 0 unspecified atom stereocenters. The quantitative estimate of drug-likeness (QED) is 0.738. The van der Waals surface area contributed by atoms with Gasteiger partial charge in [0.05, 0.1) is 6.26 Å². The van der Waals surface area contributed by atoms with E-state index in [-0.39, 0.29) is 11.7 Å². The summed E-state index contributed by atoms with van der Waals surface area (Å²) in [5, 5.41) is 2.88. The van der Waals surface area contributed by atoms with Crippen LogP contribution in [0.5, 0.6) is 0 Å². The van der Waals surface area contributed by atoms with Crippen LogP contribution in [0.4, 0.5) is 4.39 Å². The highest BCUT2D eigenvalue weighted by Crippen LogP contribution is 2.18. The van der Waals surface area contributed by atoms with Crippen molar-refractivity contribution in [2.45, 2.75) is 26.3 Å². The number of halogens is 1. The number of nitrogens with one attached hydrogen (secondary N) is 1. The van der Waals surface area contributed by atoms with Crippen molar-refractivity contribution in [3.63, 3.8) is 0 Å². The summed E-state index contributed by atoms with van der Waals surface area (Å²) in [5.41, 5.74) is 3.10. The fourth-order valence-corrected chi connectivity index (χ4v) is 2.48. The topological polar surface area (TPSA) is 55.1 Å². The fourth-order valence-electron chi connectivity index (χ4n) is 2.48. The summed E-state index contributed by atoms with van der Waals surface area (Å²) >= 11 is 0. The van der Waals surface area contributed by atoms with Crippen LogP contribution in [0.15, 0.2) is 59.3 Å². The molecule has 0 atom stereocenters. The summed E-state index contributed by atoms with van der Waals surface area (Å²) in [5.74, 6) is 0.382. The molecule has 3 rings (SSSR count). The molecule has 2 aromatic heterocycles. The van der Waals surface area contributed by atoms with Crippen molar-refractivity contribution < 1.29 is 13.6 Å². The van der Waals surface area contributed by atoms with Crippen molar-refractivity contribution in [2.24, 2.45) is 0 Å². The van der Waals surface area contributed by atoms with E-state index in [1.54, 1.807) is 31.5 Å². The maximum absolute atomic E-state index is 13.5. The molecule has 2 heterocycles. The van der Waals surface area contributed by atoms with E-state index in [2.05, 4.69) is 10.3 Å². The van der Waals surface area contributed by atoms with Crippen molar-refractivity contribution in [3.05, 3.63) is 77.4 Å². The summed E-state index contributed by atoms with van der Waals surface area (Å²) in [6.45, 7) is 2.13. The lowest BCUT2D eigenvalue weighted by atomic mass is 10.1. The molecular weight excluding hydrogens is 319 g/mol. The molecule has 1 amide bonds. The van der Waals surface area contributed by atoms with Gasteiger partial charge in [-0.2, -0.15) is 0 Å². The predicted molar refractivity (Wildman–Crippen MR) is 93.2 cm³/mol. The highest BCUT2D eigenvalue weighted by atomic mass is 19.1. The van der Waals surface area contributed by atoms with Gasteiger partial charge in [0.2, 0.25) is 5.91 Å². The lowest BCUT2D eigenvalue weighted by molar-refractivity contribution is -0.121. The van der Waals surface area contributed by atoms with Crippen molar-refractivity contribution in [1.29, 1.82) is 0 Å². The van der Waals surface area contributed by atoms with E-state index in [1.807, 2.05) is 24.3 Å². The predicted octanol–water partition coefficient (Wildman–Crippen LogP) is 4.04. The summed E-state index contributed by atoms with van der Waals surface area (Å²) in [4.78, 5) is 16.3. The number of furan rings is 1. The van der Waals surface area contributed by atoms with Gasteiger partial charge in [0.25, 0.3) is 0 Å². The van der Waals surface area contributed by atoms with Gasteiger partial charge >= 0.3 is 0 Å². The third-order valence-electron chi connectivity index (χ3n) is 3.96. The first kappa shape index (κ1) is 16.9. The summed E-state index contributed by atoms with van der Waals surface area (Å²) in [6, 6.07) is 12.4. The van der Waals surface area contributed by atoms with E-state index in [0.29, 0.717) is 30.7 Å². The molecule has 0 fully saturated rings. The molecule has 1 aromatic carbocycles. The highest BCUT2D eigenvalue weighted by molar-refractivity contribution is 5.76. The fraction of sp³-hybridized carbons (Fsp3) is 0.200. The second-order valence-electron chi connectivity index (χ2n) is 5.89. The number of carbonyl (C=O) groups excluding carboxylic acids is 1. The van der Waals surface area contributed by atoms with E-state index < -0.39 is 0 Å². The van der Waals surface area contributed by atoms with Gasteiger partial charge in [-0.3, -0.25) is 9.78 Å². The molecule has 128 valence electrons. The van der Waals surface area contributed by atoms with E-state index in [9.17, 15) is 9.18 Å². The van der Waals surface area contributed by atoms with Gasteiger partial charge in [-0.05, 0) is 60.4 Å². The number of aryl methyl sites for hydroxylation is 2. The second kappa shape index (κ2) is 7.75. The molecule has 0 bridgehead atoms. The smallest absolute Gasteiger partial charge is 0.220 e. The Morgan fingerprint density at radius 2 is 2.08 bits per heavy atom. The Labute approximate surface area is 145 Å². The summed E-state index contributed by atoms with van der Waals surface area (Å²) < 4.78 is 18.8. The molecule has 1 N–H and O–H groups in total. The number of amides is 1. The van der Waals surface area contributed by atoms with E-state index >= 15 is 0 Å². The average molecular weight is 338 g/mol. The highest BCUT2D eigenvalue weighted by Gasteiger charge is 2.06. The first-order valence-electron chi connectivity index (χ1n) is 8.12. The molecule has 0 saturated heterocycles. The van der Waals surface area contributed by atoms with Crippen LogP contribution in [-0.4, -0.2) is 10.9 Å². The number of hydrogen-bond donors (Lipinski definition) is 1. The number of carbonyl (C=O) groups is 1. The molecule has 4 nitrogen and oxygen atoms in total. The third kappa shape index (κ3) is 4.53. The monoisotopic (exact) mass is 338 g/mol. The minimum Gasteiger partial charge on any atom is -0.463 e. The zero-order chi connectivity index (χ0) is 17.6. The minimum atomic E-state index is -0.236. The van der Waals surface area contributed by atoms with Gasteiger partial charge in [0.1, 0.15) is 11.5 Å². The average Bonchev–Trinajstić information content (AvgIpc) is 3.16. The largest absolute Gasteiger partial charge is 0.463 e. The van der Waals surface area contributed by atoms with Crippen LogP contribution >= 0.6 is 0 Å². The van der Waals surface area contributed by atoms with Gasteiger partial charge in [0.15, 0.2) is 5.76 Å². The first-order chi connectivity index (χ1) is 12.1. The number of aromatic nitrogens is 1.